The summed E-state index contributed by atoms with van der Waals surface area (Å²) in [4.78, 5) is 12.1. The van der Waals surface area contributed by atoms with E-state index in [0.717, 1.165) is 11.3 Å². The third-order valence-electron chi connectivity index (χ3n) is 3.58. The molecule has 2 rings (SSSR count). The number of ether oxygens (including phenoxy) is 1. The van der Waals surface area contributed by atoms with Crippen molar-refractivity contribution in [1.82, 2.24) is 5.43 Å². The van der Waals surface area contributed by atoms with Crippen LogP contribution in [0.2, 0.25) is 0 Å². The summed E-state index contributed by atoms with van der Waals surface area (Å²) >= 11 is 0. The highest BCUT2D eigenvalue weighted by Crippen LogP contribution is 2.13. The van der Waals surface area contributed by atoms with E-state index in [-0.39, 0.29) is 5.91 Å². The highest BCUT2D eigenvalue weighted by Gasteiger charge is 2.06. The second kappa shape index (κ2) is 6.89. The predicted molar refractivity (Wildman–Crippen MR) is 88.6 cm³/mol. The number of hydrogen-bond acceptors (Lipinski definition) is 3. The van der Waals surface area contributed by atoms with Gasteiger partial charge in [0.2, 0.25) is 0 Å². The second-order valence-corrected chi connectivity index (χ2v) is 5.17. The van der Waals surface area contributed by atoms with Crippen molar-refractivity contribution in [1.29, 1.82) is 0 Å². The van der Waals surface area contributed by atoms with Gasteiger partial charge in [-0.25, -0.2) is 5.43 Å². The van der Waals surface area contributed by atoms with Gasteiger partial charge in [0, 0.05) is 5.56 Å². The van der Waals surface area contributed by atoms with E-state index < -0.39 is 0 Å². The lowest BCUT2D eigenvalue weighted by atomic mass is 10.0. The zero-order valence-corrected chi connectivity index (χ0v) is 13.3. The average molecular weight is 296 g/mol. The molecule has 4 nitrogen and oxygen atoms in total. The molecular weight excluding hydrogens is 276 g/mol. The summed E-state index contributed by atoms with van der Waals surface area (Å²) in [5.41, 5.74) is 7.28. The molecule has 0 atom stereocenters. The smallest absolute Gasteiger partial charge is 0.271 e. The van der Waals surface area contributed by atoms with Gasteiger partial charge in [0.05, 0.1) is 12.8 Å². The van der Waals surface area contributed by atoms with Gasteiger partial charge in [-0.1, -0.05) is 18.2 Å². The second-order valence-electron chi connectivity index (χ2n) is 5.17. The highest BCUT2D eigenvalue weighted by molar-refractivity contribution is 6.01. The number of amides is 1. The minimum atomic E-state index is -0.262. The number of carbonyl (C=O) groups is 1. The van der Waals surface area contributed by atoms with Crippen molar-refractivity contribution >= 4 is 11.6 Å². The van der Waals surface area contributed by atoms with Crippen LogP contribution in [-0.4, -0.2) is 18.7 Å². The molecule has 0 bridgehead atoms. The lowest BCUT2D eigenvalue weighted by Crippen LogP contribution is -2.19. The topological polar surface area (TPSA) is 50.7 Å². The van der Waals surface area contributed by atoms with Gasteiger partial charge >= 0.3 is 0 Å². The van der Waals surface area contributed by atoms with Crippen LogP contribution >= 0.6 is 0 Å². The van der Waals surface area contributed by atoms with Crippen LogP contribution in [0.5, 0.6) is 5.75 Å². The molecule has 2 aromatic carbocycles. The number of aryl methyl sites for hydroxylation is 2. The van der Waals surface area contributed by atoms with Crippen LogP contribution in [0.25, 0.3) is 0 Å². The van der Waals surface area contributed by atoms with Crippen molar-refractivity contribution in [2.45, 2.75) is 20.8 Å². The van der Waals surface area contributed by atoms with Gasteiger partial charge < -0.3 is 4.74 Å². The maximum absolute atomic E-state index is 12.1. The minimum absolute atomic E-state index is 0.262. The molecule has 0 heterocycles. The molecule has 1 N–H and O–H groups in total. The van der Waals surface area contributed by atoms with Gasteiger partial charge in [0.15, 0.2) is 0 Å². The van der Waals surface area contributed by atoms with Gasteiger partial charge in [-0.2, -0.15) is 5.10 Å². The zero-order chi connectivity index (χ0) is 16.1. The molecule has 4 heteroatoms. The fourth-order valence-electron chi connectivity index (χ4n) is 1.99. The van der Waals surface area contributed by atoms with Gasteiger partial charge in [-0.3, -0.25) is 4.79 Å². The predicted octanol–water partition coefficient (Wildman–Crippen LogP) is 3.47. The Morgan fingerprint density at radius 1 is 1.05 bits per heavy atom. The van der Waals surface area contributed by atoms with Gasteiger partial charge in [0.25, 0.3) is 5.91 Å². The van der Waals surface area contributed by atoms with E-state index in [2.05, 4.69) is 30.4 Å². The number of nitrogens with zero attached hydrogens (tertiary/aromatic N) is 1. The molecule has 0 unspecified atom stereocenters. The van der Waals surface area contributed by atoms with Crippen LogP contribution in [0.4, 0.5) is 0 Å². The number of hydrogen-bond donors (Lipinski definition) is 1. The molecule has 0 saturated heterocycles. The van der Waals surface area contributed by atoms with Gasteiger partial charge in [-0.15, -0.1) is 0 Å². The Hall–Kier alpha value is -2.62. The summed E-state index contributed by atoms with van der Waals surface area (Å²) < 4.78 is 5.11. The summed E-state index contributed by atoms with van der Waals surface area (Å²) in [6.45, 7) is 5.99. The molecule has 0 radical (unpaired) electrons. The summed E-state index contributed by atoms with van der Waals surface area (Å²) in [5, 5.41) is 4.17. The third-order valence-corrected chi connectivity index (χ3v) is 3.58. The Kier molecular flexibility index (Phi) is 4.94. The van der Waals surface area contributed by atoms with Crippen LogP contribution in [0.3, 0.4) is 0 Å². The van der Waals surface area contributed by atoms with Gasteiger partial charge in [-0.05, 0) is 61.7 Å². The van der Waals surface area contributed by atoms with E-state index >= 15 is 0 Å². The van der Waals surface area contributed by atoms with Crippen molar-refractivity contribution in [2.75, 3.05) is 7.11 Å². The number of carbonyl (C=O) groups excluding carboxylic acids is 1. The number of rotatable bonds is 4. The first kappa shape index (κ1) is 15.8. The van der Waals surface area contributed by atoms with E-state index in [1.54, 1.807) is 31.4 Å². The van der Waals surface area contributed by atoms with E-state index in [9.17, 15) is 4.79 Å². The number of methoxy groups -OCH3 is 1. The highest BCUT2D eigenvalue weighted by atomic mass is 16.5. The Morgan fingerprint density at radius 2 is 1.82 bits per heavy atom. The standard InChI is InChI=1S/C18H20N2O2/c1-12-8-9-15(10-13(12)2)14(3)19-20-18(21)16-6-5-7-17(11-16)22-4/h5-11H,1-4H3,(H,20,21)/b19-14-. The van der Waals surface area contributed by atoms with E-state index in [1.807, 2.05) is 19.1 Å². The molecule has 0 spiro atoms. The van der Waals surface area contributed by atoms with Crippen LogP contribution in [0.15, 0.2) is 47.6 Å². The molecule has 0 aliphatic rings. The molecule has 0 fully saturated rings. The molecule has 0 saturated carbocycles. The van der Waals surface area contributed by atoms with Crippen LogP contribution in [-0.2, 0) is 0 Å². The number of benzene rings is 2. The summed E-state index contributed by atoms with van der Waals surface area (Å²) in [5.74, 6) is 0.379. The Labute approximate surface area is 130 Å². The zero-order valence-electron chi connectivity index (χ0n) is 13.3. The Balaban J connectivity index is 2.12. The first-order valence-corrected chi connectivity index (χ1v) is 7.07. The average Bonchev–Trinajstić information content (AvgIpc) is 2.54. The molecule has 0 aromatic heterocycles. The Bertz CT molecular complexity index is 721. The SMILES string of the molecule is COc1cccc(C(=O)N/N=C(/C)c2ccc(C)c(C)c2)c1. The van der Waals surface area contributed by atoms with Crippen molar-refractivity contribution in [3.05, 3.63) is 64.7 Å². The molecular formula is C18H20N2O2. The first-order valence-electron chi connectivity index (χ1n) is 7.07. The molecule has 22 heavy (non-hydrogen) atoms. The molecule has 2 aromatic rings. The quantitative estimate of drug-likeness (QED) is 0.694. The van der Waals surface area contributed by atoms with Crippen molar-refractivity contribution < 1.29 is 9.53 Å². The first-order chi connectivity index (χ1) is 10.5. The third kappa shape index (κ3) is 3.73. The maximum atomic E-state index is 12.1. The maximum Gasteiger partial charge on any atom is 0.271 e. The minimum Gasteiger partial charge on any atom is -0.497 e. The Morgan fingerprint density at radius 3 is 2.50 bits per heavy atom. The molecule has 0 aliphatic carbocycles. The lowest BCUT2D eigenvalue weighted by Gasteiger charge is -2.06. The molecule has 1 amide bonds. The largest absolute Gasteiger partial charge is 0.497 e. The van der Waals surface area contributed by atoms with Crippen LogP contribution < -0.4 is 10.2 Å². The van der Waals surface area contributed by atoms with E-state index in [0.29, 0.717) is 11.3 Å². The lowest BCUT2D eigenvalue weighted by molar-refractivity contribution is 0.0954. The summed E-state index contributed by atoms with van der Waals surface area (Å²) in [7, 11) is 1.57. The summed E-state index contributed by atoms with van der Waals surface area (Å²) in [6, 6.07) is 13.1. The van der Waals surface area contributed by atoms with Gasteiger partial charge in [0.1, 0.15) is 5.75 Å². The van der Waals surface area contributed by atoms with E-state index in [4.69, 9.17) is 4.74 Å². The number of nitrogens with one attached hydrogen (secondary N) is 1. The molecule has 114 valence electrons. The number of hydrazone groups is 1. The van der Waals surface area contributed by atoms with Crippen LogP contribution in [0.1, 0.15) is 34.0 Å². The normalized spacial score (nSPS) is 11.2. The molecule has 0 aliphatic heterocycles. The van der Waals surface area contributed by atoms with Crippen molar-refractivity contribution in [2.24, 2.45) is 5.10 Å². The van der Waals surface area contributed by atoms with E-state index in [1.165, 1.54) is 11.1 Å². The van der Waals surface area contributed by atoms with Crippen LogP contribution in [0, 0.1) is 13.8 Å². The van der Waals surface area contributed by atoms with Crippen molar-refractivity contribution in [3.63, 3.8) is 0 Å². The summed E-state index contributed by atoms with van der Waals surface area (Å²) in [6.07, 6.45) is 0. The van der Waals surface area contributed by atoms with Crippen molar-refractivity contribution in [3.8, 4) is 5.75 Å². The fraction of sp³-hybridized carbons (Fsp3) is 0.222. The monoisotopic (exact) mass is 296 g/mol. The fourth-order valence-corrected chi connectivity index (χ4v) is 1.99.